The van der Waals surface area contributed by atoms with E-state index >= 15 is 0 Å². The molecule has 0 unspecified atom stereocenters. The Morgan fingerprint density at radius 3 is 2.38 bits per heavy atom. The van der Waals surface area contributed by atoms with Crippen LogP contribution in [0.25, 0.3) is 10.1 Å². The lowest BCUT2D eigenvalue weighted by Gasteiger charge is -2.14. The smallest absolute Gasteiger partial charge is 0.351 e. The Balaban J connectivity index is 1.55. The fourth-order valence-corrected chi connectivity index (χ4v) is 4.50. The van der Waals surface area contributed by atoms with E-state index in [9.17, 15) is 19.2 Å². The lowest BCUT2D eigenvalue weighted by molar-refractivity contribution is -0.116. The molecule has 1 aromatic heterocycles. The van der Waals surface area contributed by atoms with Gasteiger partial charge in [0.2, 0.25) is 5.91 Å². The first kappa shape index (κ1) is 21.5. The summed E-state index contributed by atoms with van der Waals surface area (Å²) in [7, 11) is 1.31. The van der Waals surface area contributed by atoms with Crippen LogP contribution in [0.15, 0.2) is 42.5 Å². The number of esters is 1. The van der Waals surface area contributed by atoms with Gasteiger partial charge in [0.05, 0.1) is 24.8 Å². The number of hydrogen-bond acceptors (Lipinski definition) is 7. The van der Waals surface area contributed by atoms with E-state index < -0.39 is 30.2 Å². The summed E-state index contributed by atoms with van der Waals surface area (Å²) < 4.78 is 11.4. The second kappa shape index (κ2) is 8.80. The van der Waals surface area contributed by atoms with Gasteiger partial charge in [-0.05, 0) is 36.8 Å². The van der Waals surface area contributed by atoms with Gasteiger partial charge in [-0.3, -0.25) is 19.3 Å². The number of benzene rings is 2. The van der Waals surface area contributed by atoms with E-state index in [1.165, 1.54) is 18.4 Å². The Hall–Kier alpha value is -3.72. The molecule has 0 bridgehead atoms. The quantitative estimate of drug-likeness (QED) is 0.433. The number of carbonyl (C=O) groups excluding carboxylic acids is 4. The number of rotatable bonds is 7. The molecule has 1 aliphatic rings. The van der Waals surface area contributed by atoms with E-state index in [0.717, 1.165) is 16.0 Å². The van der Waals surface area contributed by atoms with Gasteiger partial charge in [0.1, 0.15) is 6.54 Å². The minimum atomic E-state index is -0.515. The molecule has 164 valence electrons. The molecule has 0 fully saturated rings. The minimum Gasteiger partial charge on any atom is -0.491 e. The number of carbonyl (C=O) groups is 4. The molecule has 2 heterocycles. The molecule has 32 heavy (non-hydrogen) atoms. The molecule has 0 saturated heterocycles. The van der Waals surface area contributed by atoms with Crippen LogP contribution in [-0.2, 0) is 9.53 Å². The minimum absolute atomic E-state index is 0.290. The van der Waals surface area contributed by atoms with Crippen molar-refractivity contribution in [3.63, 3.8) is 0 Å². The van der Waals surface area contributed by atoms with Gasteiger partial charge >= 0.3 is 5.97 Å². The van der Waals surface area contributed by atoms with Gasteiger partial charge < -0.3 is 14.8 Å². The van der Waals surface area contributed by atoms with Crippen LogP contribution in [-0.4, -0.2) is 48.9 Å². The van der Waals surface area contributed by atoms with Crippen molar-refractivity contribution >= 4 is 50.8 Å². The van der Waals surface area contributed by atoms with Crippen molar-refractivity contribution in [2.24, 2.45) is 0 Å². The van der Waals surface area contributed by atoms with Crippen LogP contribution < -0.4 is 10.1 Å². The van der Waals surface area contributed by atoms with Crippen molar-refractivity contribution in [1.82, 2.24) is 4.90 Å². The predicted octanol–water partition coefficient (Wildman–Crippen LogP) is 3.71. The molecule has 0 radical (unpaired) electrons. The normalized spacial score (nSPS) is 12.8. The zero-order chi connectivity index (χ0) is 22.8. The molecular weight excluding hydrogens is 432 g/mol. The maximum absolute atomic E-state index is 12.6. The van der Waals surface area contributed by atoms with Gasteiger partial charge in [-0.2, -0.15) is 0 Å². The van der Waals surface area contributed by atoms with Gasteiger partial charge in [0, 0.05) is 15.8 Å². The van der Waals surface area contributed by atoms with Crippen LogP contribution in [0.5, 0.6) is 5.75 Å². The highest BCUT2D eigenvalue weighted by atomic mass is 32.1. The summed E-state index contributed by atoms with van der Waals surface area (Å²) in [5.74, 6) is -1.58. The highest BCUT2D eigenvalue weighted by Gasteiger charge is 2.36. The van der Waals surface area contributed by atoms with Crippen LogP contribution in [0.1, 0.15) is 43.7 Å². The highest BCUT2D eigenvalue weighted by molar-refractivity contribution is 7.21. The average molecular weight is 452 g/mol. The van der Waals surface area contributed by atoms with Gasteiger partial charge in [-0.15, -0.1) is 11.3 Å². The Bertz CT molecular complexity index is 1210. The lowest BCUT2D eigenvalue weighted by atomic mass is 10.1. The molecule has 8 nitrogen and oxygen atoms in total. The Labute approximate surface area is 187 Å². The second-order valence-electron chi connectivity index (χ2n) is 7.10. The van der Waals surface area contributed by atoms with E-state index in [1.807, 2.05) is 6.92 Å². The second-order valence-corrected chi connectivity index (χ2v) is 8.15. The van der Waals surface area contributed by atoms with Crippen molar-refractivity contribution in [3.05, 3.63) is 58.5 Å². The number of imide groups is 1. The standard InChI is InChI=1S/C23H20N2O6S/c1-3-10-31-19-16-11-13(8-9-17(16)32-20(19)23(29)30-2)24-18(26)12-25-21(27)14-6-4-5-7-15(14)22(25)28/h4-9,11H,3,10,12H2,1-2H3,(H,24,26). The number of ether oxygens (including phenoxy) is 2. The average Bonchev–Trinajstić information content (AvgIpc) is 3.27. The van der Waals surface area contributed by atoms with Crippen molar-refractivity contribution in [3.8, 4) is 5.75 Å². The van der Waals surface area contributed by atoms with Crippen LogP contribution in [0.4, 0.5) is 5.69 Å². The largest absolute Gasteiger partial charge is 0.491 e. The predicted molar refractivity (Wildman–Crippen MR) is 119 cm³/mol. The summed E-state index contributed by atoms with van der Waals surface area (Å²) in [6.07, 6.45) is 0.759. The number of amides is 3. The van der Waals surface area contributed by atoms with Gasteiger partial charge in [-0.1, -0.05) is 19.1 Å². The first-order chi connectivity index (χ1) is 15.4. The first-order valence-electron chi connectivity index (χ1n) is 9.97. The van der Waals surface area contributed by atoms with Crippen molar-refractivity contribution < 1.29 is 28.7 Å². The first-order valence-corrected chi connectivity index (χ1v) is 10.8. The number of thiophene rings is 1. The molecule has 0 aliphatic carbocycles. The van der Waals surface area contributed by atoms with Gasteiger partial charge in [0.25, 0.3) is 11.8 Å². The number of fused-ring (bicyclic) bond motifs is 2. The van der Waals surface area contributed by atoms with E-state index in [4.69, 9.17) is 9.47 Å². The maximum atomic E-state index is 12.6. The Kier molecular flexibility index (Phi) is 5.91. The zero-order valence-electron chi connectivity index (χ0n) is 17.5. The highest BCUT2D eigenvalue weighted by Crippen LogP contribution is 2.39. The number of hydrogen-bond donors (Lipinski definition) is 1. The molecule has 1 aliphatic heterocycles. The molecule has 1 N–H and O–H groups in total. The van der Waals surface area contributed by atoms with Crippen LogP contribution >= 0.6 is 11.3 Å². The molecule has 9 heteroatoms. The number of nitrogens with zero attached hydrogens (tertiary/aromatic N) is 1. The molecule has 0 saturated carbocycles. The summed E-state index contributed by atoms with van der Waals surface area (Å²) in [6, 6.07) is 11.6. The Morgan fingerprint density at radius 1 is 1.06 bits per heavy atom. The van der Waals surface area contributed by atoms with E-state index in [0.29, 0.717) is 28.3 Å². The summed E-state index contributed by atoms with van der Waals surface area (Å²) in [4.78, 5) is 51.0. The van der Waals surface area contributed by atoms with Crippen molar-refractivity contribution in [2.45, 2.75) is 13.3 Å². The van der Waals surface area contributed by atoms with Crippen LogP contribution in [0, 0.1) is 0 Å². The van der Waals surface area contributed by atoms with E-state index in [2.05, 4.69) is 5.32 Å². The molecule has 4 rings (SSSR count). The molecular formula is C23H20N2O6S. The third kappa shape index (κ3) is 3.82. The van der Waals surface area contributed by atoms with Crippen molar-refractivity contribution in [2.75, 3.05) is 25.6 Å². The van der Waals surface area contributed by atoms with Crippen LogP contribution in [0.3, 0.4) is 0 Å². The summed E-state index contributed by atoms with van der Waals surface area (Å²) in [5.41, 5.74) is 1.03. The van der Waals surface area contributed by atoms with Crippen molar-refractivity contribution in [1.29, 1.82) is 0 Å². The third-order valence-electron chi connectivity index (χ3n) is 4.93. The number of nitrogens with one attached hydrogen (secondary N) is 1. The van der Waals surface area contributed by atoms with E-state index in [-0.39, 0.29) is 11.1 Å². The topological polar surface area (TPSA) is 102 Å². The fourth-order valence-electron chi connectivity index (χ4n) is 3.45. The van der Waals surface area contributed by atoms with Crippen LogP contribution in [0.2, 0.25) is 0 Å². The fraction of sp³-hybridized carbons (Fsp3) is 0.217. The summed E-state index contributed by atoms with van der Waals surface area (Å²) >= 11 is 1.24. The molecule has 0 atom stereocenters. The van der Waals surface area contributed by atoms with E-state index in [1.54, 1.807) is 42.5 Å². The maximum Gasteiger partial charge on any atom is 0.351 e. The Morgan fingerprint density at radius 2 is 1.75 bits per heavy atom. The number of anilines is 1. The van der Waals surface area contributed by atoms with Gasteiger partial charge in [0.15, 0.2) is 10.6 Å². The number of methoxy groups -OCH3 is 1. The zero-order valence-corrected chi connectivity index (χ0v) is 18.3. The molecule has 3 aromatic rings. The third-order valence-corrected chi connectivity index (χ3v) is 6.06. The SMILES string of the molecule is CCCOc1c(C(=O)OC)sc2ccc(NC(=O)CN3C(=O)c4ccccc4C3=O)cc12. The lowest BCUT2D eigenvalue weighted by Crippen LogP contribution is -2.37. The summed E-state index contributed by atoms with van der Waals surface area (Å²) in [6.45, 7) is 1.98. The molecule has 0 spiro atoms. The molecule has 3 amide bonds. The molecule has 2 aromatic carbocycles. The van der Waals surface area contributed by atoms with Gasteiger partial charge in [-0.25, -0.2) is 4.79 Å². The summed E-state index contributed by atoms with van der Waals surface area (Å²) in [5, 5.41) is 3.38. The monoisotopic (exact) mass is 452 g/mol.